The number of halogens is 1. The molecule has 0 bridgehead atoms. The van der Waals surface area contributed by atoms with Gasteiger partial charge < -0.3 is 15.8 Å². The summed E-state index contributed by atoms with van der Waals surface area (Å²) in [5.74, 6) is -0.714. The van der Waals surface area contributed by atoms with Gasteiger partial charge in [0.2, 0.25) is 0 Å². The predicted octanol–water partition coefficient (Wildman–Crippen LogP) is 1.15. The molecule has 1 aromatic carbocycles. The number of nitrogens with zero attached hydrogens (tertiary/aromatic N) is 2. The van der Waals surface area contributed by atoms with Gasteiger partial charge in [-0.25, -0.2) is 14.4 Å². The van der Waals surface area contributed by atoms with E-state index in [0.29, 0.717) is 11.4 Å². The molecule has 23 heavy (non-hydrogen) atoms. The molecule has 0 spiro atoms. The maximum Gasteiger partial charge on any atom is 0.270 e. The fourth-order valence-electron chi connectivity index (χ4n) is 1.91. The summed E-state index contributed by atoms with van der Waals surface area (Å²) in [5, 5.41) is 10.0. The van der Waals surface area contributed by atoms with Gasteiger partial charge in [-0.1, -0.05) is 6.07 Å². The molecule has 0 aliphatic heterocycles. The third kappa shape index (κ3) is 4.00. The summed E-state index contributed by atoms with van der Waals surface area (Å²) in [6, 6.07) is 5.66. The highest BCUT2D eigenvalue weighted by Crippen LogP contribution is 2.18. The van der Waals surface area contributed by atoms with Crippen LogP contribution in [-0.2, 0) is 6.54 Å². The summed E-state index contributed by atoms with van der Waals surface area (Å²) >= 11 is 0. The van der Waals surface area contributed by atoms with Gasteiger partial charge in [0.15, 0.2) is 11.6 Å². The van der Waals surface area contributed by atoms with Gasteiger partial charge in [0.25, 0.3) is 5.91 Å². The number of carbonyl (C=O) groups is 1. The van der Waals surface area contributed by atoms with E-state index in [1.165, 1.54) is 25.3 Å². The van der Waals surface area contributed by atoms with Crippen molar-refractivity contribution in [2.75, 3.05) is 7.11 Å². The van der Waals surface area contributed by atoms with Gasteiger partial charge in [-0.3, -0.25) is 10.2 Å². The summed E-state index contributed by atoms with van der Waals surface area (Å²) < 4.78 is 18.2. The average Bonchev–Trinajstić information content (AvgIpc) is 2.53. The quantitative estimate of drug-likeness (QED) is 0.565. The number of hydrogen-bond donors (Lipinski definition) is 3. The lowest BCUT2D eigenvalue weighted by Gasteiger charge is -2.08. The minimum atomic E-state index is -0.472. The molecule has 0 radical (unpaired) electrons. The van der Waals surface area contributed by atoms with E-state index in [2.05, 4.69) is 15.3 Å². The van der Waals surface area contributed by atoms with E-state index >= 15 is 0 Å². The van der Waals surface area contributed by atoms with Crippen molar-refractivity contribution in [2.45, 2.75) is 13.5 Å². The van der Waals surface area contributed by atoms with Crippen LogP contribution >= 0.6 is 0 Å². The van der Waals surface area contributed by atoms with Crippen LogP contribution in [0.25, 0.3) is 0 Å². The Kier molecular flexibility index (Phi) is 4.85. The van der Waals surface area contributed by atoms with E-state index in [0.717, 1.165) is 0 Å². The summed E-state index contributed by atoms with van der Waals surface area (Å²) in [6.45, 7) is 1.78. The Bertz CT molecular complexity index is 764. The second-order valence-corrected chi connectivity index (χ2v) is 4.75. The van der Waals surface area contributed by atoms with Crippen LogP contribution in [0.4, 0.5) is 4.39 Å². The number of nitrogens with two attached hydrogens (primary N) is 1. The van der Waals surface area contributed by atoms with Gasteiger partial charge in [0, 0.05) is 6.54 Å². The number of hydrogen-bond acceptors (Lipinski definition) is 5. The molecular formula is C15H16FN5O2. The zero-order chi connectivity index (χ0) is 17.0. The lowest BCUT2D eigenvalue weighted by Crippen LogP contribution is -2.25. The first-order chi connectivity index (χ1) is 10.9. The molecule has 0 atom stereocenters. The maximum absolute atomic E-state index is 13.3. The highest BCUT2D eigenvalue weighted by atomic mass is 19.1. The molecule has 4 N–H and O–H groups in total. The third-order valence-corrected chi connectivity index (χ3v) is 3.02. The van der Waals surface area contributed by atoms with Crippen molar-refractivity contribution in [1.82, 2.24) is 15.3 Å². The number of rotatable bonds is 5. The van der Waals surface area contributed by atoms with Crippen molar-refractivity contribution in [1.29, 1.82) is 5.41 Å². The Hall–Kier alpha value is -3.03. The molecule has 2 rings (SSSR count). The van der Waals surface area contributed by atoms with Crippen molar-refractivity contribution in [3.8, 4) is 5.75 Å². The zero-order valence-electron chi connectivity index (χ0n) is 12.7. The average molecular weight is 317 g/mol. The van der Waals surface area contributed by atoms with Gasteiger partial charge in [0.05, 0.1) is 7.11 Å². The van der Waals surface area contributed by atoms with Crippen molar-refractivity contribution in [2.24, 2.45) is 5.73 Å². The van der Waals surface area contributed by atoms with E-state index in [9.17, 15) is 9.18 Å². The molecule has 0 saturated carbocycles. The molecule has 1 heterocycles. The Balaban J connectivity index is 2.12. The molecule has 0 fully saturated rings. The van der Waals surface area contributed by atoms with Crippen LogP contribution in [0.2, 0.25) is 0 Å². The first-order valence-electron chi connectivity index (χ1n) is 6.71. The smallest absolute Gasteiger partial charge is 0.270 e. The number of amides is 1. The summed E-state index contributed by atoms with van der Waals surface area (Å²) in [5.41, 5.74) is 6.34. The van der Waals surface area contributed by atoms with E-state index in [-0.39, 0.29) is 29.5 Å². The number of carbonyl (C=O) groups excluding carboxylic acids is 1. The number of nitrogens with one attached hydrogen (secondary N) is 2. The summed E-state index contributed by atoms with van der Waals surface area (Å²) in [4.78, 5) is 20.1. The topological polar surface area (TPSA) is 114 Å². The van der Waals surface area contributed by atoms with Crippen LogP contribution in [0, 0.1) is 18.2 Å². The fourth-order valence-corrected chi connectivity index (χ4v) is 1.91. The van der Waals surface area contributed by atoms with Crippen LogP contribution in [0.1, 0.15) is 27.6 Å². The van der Waals surface area contributed by atoms with Gasteiger partial charge in [-0.2, -0.15) is 0 Å². The summed E-state index contributed by atoms with van der Waals surface area (Å²) in [7, 11) is 1.37. The van der Waals surface area contributed by atoms with Crippen LogP contribution in [0.3, 0.4) is 0 Å². The SMILES string of the molecule is COc1cc(CNC(=O)c2cc(C(=N)N)nc(C)n2)ccc1F. The first-order valence-corrected chi connectivity index (χ1v) is 6.71. The standard InChI is InChI=1S/C15H16FN5O2/c1-8-20-11(14(17)18)6-12(21-8)15(22)19-7-9-3-4-10(16)13(5-9)23-2/h3-6H,7H2,1-2H3,(H3,17,18)(H,19,22). The number of benzene rings is 1. The highest BCUT2D eigenvalue weighted by molar-refractivity contribution is 5.97. The van der Waals surface area contributed by atoms with Gasteiger partial charge >= 0.3 is 0 Å². The first kappa shape index (κ1) is 16.3. The fraction of sp³-hybridized carbons (Fsp3) is 0.200. The zero-order valence-corrected chi connectivity index (χ0v) is 12.7. The van der Waals surface area contributed by atoms with Crippen molar-refractivity contribution in [3.05, 3.63) is 52.9 Å². The number of amidine groups is 1. The molecular weight excluding hydrogens is 301 g/mol. The second-order valence-electron chi connectivity index (χ2n) is 4.75. The number of aryl methyl sites for hydroxylation is 1. The van der Waals surface area contributed by atoms with Crippen molar-refractivity contribution >= 4 is 11.7 Å². The number of aromatic nitrogens is 2. The van der Waals surface area contributed by atoms with Crippen LogP contribution in [0.5, 0.6) is 5.75 Å². The Morgan fingerprint density at radius 2 is 2.04 bits per heavy atom. The molecule has 0 aliphatic rings. The number of ether oxygens (including phenoxy) is 1. The van der Waals surface area contributed by atoms with E-state index < -0.39 is 11.7 Å². The second kappa shape index (κ2) is 6.82. The molecule has 0 saturated heterocycles. The Labute approximate surface area is 132 Å². The molecule has 1 aromatic heterocycles. The maximum atomic E-state index is 13.3. The molecule has 8 heteroatoms. The van der Waals surface area contributed by atoms with Gasteiger partial charge in [-0.05, 0) is 30.7 Å². The van der Waals surface area contributed by atoms with E-state index in [1.807, 2.05) is 0 Å². The molecule has 2 aromatic rings. The van der Waals surface area contributed by atoms with Crippen LogP contribution in [-0.4, -0.2) is 28.8 Å². The van der Waals surface area contributed by atoms with Crippen LogP contribution < -0.4 is 15.8 Å². The third-order valence-electron chi connectivity index (χ3n) is 3.02. The molecule has 0 unspecified atom stereocenters. The number of nitrogen functional groups attached to an aromatic ring is 1. The van der Waals surface area contributed by atoms with Crippen molar-refractivity contribution in [3.63, 3.8) is 0 Å². The molecule has 0 aliphatic carbocycles. The minimum absolute atomic E-state index is 0.105. The summed E-state index contributed by atoms with van der Waals surface area (Å²) in [6.07, 6.45) is 0. The normalized spacial score (nSPS) is 10.2. The van der Waals surface area contributed by atoms with Gasteiger partial charge in [-0.15, -0.1) is 0 Å². The predicted molar refractivity (Wildman–Crippen MR) is 81.9 cm³/mol. The lowest BCUT2D eigenvalue weighted by molar-refractivity contribution is 0.0945. The van der Waals surface area contributed by atoms with E-state index in [4.69, 9.17) is 15.9 Å². The minimum Gasteiger partial charge on any atom is -0.494 e. The molecule has 7 nitrogen and oxygen atoms in total. The Morgan fingerprint density at radius 3 is 2.70 bits per heavy atom. The molecule has 1 amide bonds. The molecule has 120 valence electrons. The van der Waals surface area contributed by atoms with E-state index in [1.54, 1.807) is 13.0 Å². The van der Waals surface area contributed by atoms with Crippen LogP contribution in [0.15, 0.2) is 24.3 Å². The Morgan fingerprint density at radius 1 is 1.35 bits per heavy atom. The van der Waals surface area contributed by atoms with Crippen molar-refractivity contribution < 1.29 is 13.9 Å². The largest absolute Gasteiger partial charge is 0.494 e. The number of methoxy groups -OCH3 is 1. The highest BCUT2D eigenvalue weighted by Gasteiger charge is 2.12. The lowest BCUT2D eigenvalue weighted by atomic mass is 10.2. The van der Waals surface area contributed by atoms with Gasteiger partial charge in [0.1, 0.15) is 23.0 Å². The monoisotopic (exact) mass is 317 g/mol.